The molecule has 17 nitrogen and oxygen atoms in total. The summed E-state index contributed by atoms with van der Waals surface area (Å²) in [5, 5.41) is 0. The number of phosphoric ester groups is 1. The Hall–Kier alpha value is -1.32. The highest BCUT2D eigenvalue weighted by Gasteiger charge is 2.36. The summed E-state index contributed by atoms with van der Waals surface area (Å²) in [5.41, 5.74) is 6.39. The maximum Gasteiger partial charge on any atom is 0.481 e. The predicted octanol–water partition coefficient (Wildman–Crippen LogP) is -0.988. The van der Waals surface area contributed by atoms with Crippen molar-refractivity contribution >= 4 is 40.2 Å². The number of hydrogen-bond acceptors (Lipinski definition) is 11. The van der Waals surface area contributed by atoms with E-state index in [1.807, 2.05) is 0 Å². The maximum atomic E-state index is 11.7. The van der Waals surface area contributed by atoms with Crippen LogP contribution < -0.4 is 5.73 Å². The molecule has 1 unspecified atom stereocenters. The summed E-state index contributed by atoms with van der Waals surface area (Å²) in [6, 6.07) is 0. The van der Waals surface area contributed by atoms with E-state index in [2.05, 4.69) is 23.8 Å². The molecule has 0 radical (unpaired) electrons. The first-order valence-corrected chi connectivity index (χ1v) is 13.6. The molecular formula is C12H21N6O11P3. The van der Waals surface area contributed by atoms with Crippen LogP contribution in [-0.4, -0.2) is 87.4 Å². The van der Waals surface area contributed by atoms with Crippen molar-refractivity contribution in [3.05, 3.63) is 12.7 Å². The largest absolute Gasteiger partial charge is 0.481 e. The van der Waals surface area contributed by atoms with Gasteiger partial charge < -0.3 is 34.9 Å². The van der Waals surface area contributed by atoms with Gasteiger partial charge in [0.15, 0.2) is 11.5 Å². The first kappa shape index (κ1) is 25.3. The molecule has 1 aliphatic heterocycles. The fourth-order valence-corrected chi connectivity index (χ4v) is 5.17. The zero-order valence-corrected chi connectivity index (χ0v) is 18.9. The Morgan fingerprint density at radius 1 is 1.12 bits per heavy atom. The topological polar surface area (TPSA) is 253 Å². The van der Waals surface area contributed by atoms with Gasteiger partial charge in [-0.1, -0.05) is 0 Å². The third kappa shape index (κ3) is 7.09. The highest BCUT2D eigenvalue weighted by molar-refractivity contribution is 7.60. The van der Waals surface area contributed by atoms with E-state index in [9.17, 15) is 28.4 Å². The lowest BCUT2D eigenvalue weighted by atomic mass is 10.2. The van der Waals surface area contributed by atoms with Crippen LogP contribution in [0.3, 0.4) is 0 Å². The van der Waals surface area contributed by atoms with Gasteiger partial charge in [-0.3, -0.25) is 18.6 Å². The standard InChI is InChI=1S/C12H21N6O11P3/c13-11-10-12(15-6-14-11)18(7-16-10)9-4-17(1-2-30(19,20)21)3-8(28-9)5-27-32(25,26)29-31(22,23)24/h6-9H,1-5H2,(H,25,26)(H2,13,14,15)(H2,19,20,21)(H2,22,23,24)/t8-,9+/m0/s1. The number of hydrogen-bond donors (Lipinski definition) is 6. The minimum atomic E-state index is -5.30. The number of anilines is 1. The average Bonchev–Trinajstić information content (AvgIpc) is 3.08. The van der Waals surface area contributed by atoms with Crippen molar-refractivity contribution in [3.63, 3.8) is 0 Å². The Balaban J connectivity index is 1.79. The van der Waals surface area contributed by atoms with Crippen molar-refractivity contribution in [1.29, 1.82) is 0 Å². The van der Waals surface area contributed by atoms with Crippen molar-refractivity contribution in [2.45, 2.75) is 12.3 Å². The maximum absolute atomic E-state index is 11.7. The molecule has 0 saturated carbocycles. The molecule has 1 aliphatic rings. The minimum Gasteiger partial charge on any atom is -0.382 e. The Morgan fingerprint density at radius 3 is 2.50 bits per heavy atom. The number of imidazole rings is 1. The third-order valence-corrected chi connectivity index (χ3v) is 7.20. The van der Waals surface area contributed by atoms with E-state index in [1.165, 1.54) is 17.2 Å². The molecule has 0 aliphatic carbocycles. The minimum absolute atomic E-state index is 0.0240. The van der Waals surface area contributed by atoms with E-state index >= 15 is 0 Å². The van der Waals surface area contributed by atoms with Crippen LogP contribution in [0.2, 0.25) is 0 Å². The predicted molar refractivity (Wildman–Crippen MR) is 106 cm³/mol. The summed E-state index contributed by atoms with van der Waals surface area (Å²) in [6.45, 7) is -0.502. The Kier molecular flexibility index (Phi) is 7.52. The van der Waals surface area contributed by atoms with E-state index in [0.29, 0.717) is 11.2 Å². The molecule has 32 heavy (non-hydrogen) atoms. The molecule has 1 fully saturated rings. The molecule has 0 amide bonds. The molecule has 0 aromatic carbocycles. The zero-order valence-electron chi connectivity index (χ0n) is 16.2. The second-order valence-electron chi connectivity index (χ2n) is 6.78. The number of nitrogen functional groups attached to an aromatic ring is 1. The quantitative estimate of drug-likeness (QED) is 0.218. The third-order valence-electron chi connectivity index (χ3n) is 4.26. The molecule has 1 saturated heterocycles. The number of phosphoric acid groups is 2. The van der Waals surface area contributed by atoms with Gasteiger partial charge in [0.05, 0.1) is 25.2 Å². The van der Waals surface area contributed by atoms with Gasteiger partial charge in [-0.05, 0) is 0 Å². The molecule has 3 atom stereocenters. The second kappa shape index (κ2) is 9.50. The van der Waals surface area contributed by atoms with Crippen LogP contribution in [0.25, 0.3) is 11.2 Å². The summed E-state index contributed by atoms with van der Waals surface area (Å²) in [4.78, 5) is 58.9. The van der Waals surface area contributed by atoms with Crippen molar-refractivity contribution < 1.29 is 51.7 Å². The van der Waals surface area contributed by atoms with E-state index in [4.69, 9.17) is 20.3 Å². The molecule has 0 spiro atoms. The van der Waals surface area contributed by atoms with E-state index in [0.717, 1.165) is 0 Å². The van der Waals surface area contributed by atoms with Crippen LogP contribution in [0, 0.1) is 0 Å². The number of morpholine rings is 1. The van der Waals surface area contributed by atoms with Gasteiger partial charge in [0, 0.05) is 19.6 Å². The smallest absolute Gasteiger partial charge is 0.382 e. The highest BCUT2D eigenvalue weighted by atomic mass is 31.3. The molecular weight excluding hydrogens is 497 g/mol. The summed E-state index contributed by atoms with van der Waals surface area (Å²) in [6.07, 6.45) is 0.356. The Labute approximate surface area is 180 Å². The summed E-state index contributed by atoms with van der Waals surface area (Å²) in [7, 11) is -14.7. The normalized spacial score (nSPS) is 22.8. The molecule has 3 heterocycles. The van der Waals surface area contributed by atoms with E-state index in [-0.39, 0.29) is 25.5 Å². The lowest BCUT2D eigenvalue weighted by Gasteiger charge is -2.38. The van der Waals surface area contributed by atoms with Crippen LogP contribution in [0.5, 0.6) is 0 Å². The van der Waals surface area contributed by atoms with Gasteiger partial charge in [-0.2, -0.15) is 4.31 Å². The SMILES string of the molecule is Nc1ncnc2c1ncn2[C@H]1CN(CCP(=O)(O)O)C[C@@H](COP(=O)(O)OP(=O)(O)O)O1. The molecule has 0 bridgehead atoms. The lowest BCUT2D eigenvalue weighted by molar-refractivity contribution is -0.130. The number of fused-ring (bicyclic) bond motifs is 1. The fourth-order valence-electron chi connectivity index (χ4n) is 3.01. The lowest BCUT2D eigenvalue weighted by Crippen LogP contribution is -2.48. The molecule has 180 valence electrons. The Morgan fingerprint density at radius 2 is 1.84 bits per heavy atom. The van der Waals surface area contributed by atoms with Crippen molar-refractivity contribution in [2.75, 3.05) is 38.1 Å². The first-order chi connectivity index (χ1) is 14.7. The molecule has 20 heteroatoms. The van der Waals surface area contributed by atoms with Crippen molar-refractivity contribution in [2.24, 2.45) is 0 Å². The van der Waals surface area contributed by atoms with Gasteiger partial charge >= 0.3 is 23.2 Å². The van der Waals surface area contributed by atoms with Gasteiger partial charge in [0.2, 0.25) is 0 Å². The number of rotatable bonds is 9. The second-order valence-corrected chi connectivity index (χ2v) is 11.4. The van der Waals surface area contributed by atoms with E-state index < -0.39 is 48.3 Å². The molecule has 7 N–H and O–H groups in total. The fraction of sp³-hybridized carbons (Fsp3) is 0.583. The van der Waals surface area contributed by atoms with Gasteiger partial charge in [-0.25, -0.2) is 24.1 Å². The van der Waals surface area contributed by atoms with Crippen molar-refractivity contribution in [3.8, 4) is 0 Å². The number of nitrogens with zero attached hydrogens (tertiary/aromatic N) is 5. The van der Waals surface area contributed by atoms with Crippen LogP contribution in [0.4, 0.5) is 5.82 Å². The highest BCUT2D eigenvalue weighted by Crippen LogP contribution is 2.57. The summed E-state index contributed by atoms with van der Waals surface area (Å²) >= 11 is 0. The zero-order chi connectivity index (χ0) is 23.7. The molecule has 2 aromatic rings. The van der Waals surface area contributed by atoms with E-state index in [1.54, 1.807) is 4.90 Å². The van der Waals surface area contributed by atoms with Gasteiger partial charge in [-0.15, -0.1) is 0 Å². The summed E-state index contributed by atoms with van der Waals surface area (Å²) < 4.78 is 49.5. The van der Waals surface area contributed by atoms with Gasteiger partial charge in [0.1, 0.15) is 18.1 Å². The number of ether oxygens (including phenoxy) is 1. The molecule has 2 aromatic heterocycles. The number of nitrogens with two attached hydrogens (primary N) is 1. The average molecular weight is 518 g/mol. The van der Waals surface area contributed by atoms with Crippen LogP contribution in [-0.2, 0) is 27.3 Å². The number of aromatic nitrogens is 4. The first-order valence-electron chi connectivity index (χ1n) is 8.82. The van der Waals surface area contributed by atoms with Gasteiger partial charge in [0.25, 0.3) is 0 Å². The van der Waals surface area contributed by atoms with Crippen LogP contribution >= 0.6 is 23.2 Å². The summed E-state index contributed by atoms with van der Waals surface area (Å²) in [5.74, 6) is 0.124. The molecule has 3 rings (SSSR count). The van der Waals surface area contributed by atoms with Crippen LogP contribution in [0.15, 0.2) is 12.7 Å². The van der Waals surface area contributed by atoms with Crippen molar-refractivity contribution in [1.82, 2.24) is 24.4 Å². The monoisotopic (exact) mass is 518 g/mol. The Bertz CT molecular complexity index is 1100. The van der Waals surface area contributed by atoms with Crippen LogP contribution in [0.1, 0.15) is 6.23 Å².